The van der Waals surface area contributed by atoms with Gasteiger partial charge >= 0.3 is 0 Å². The average Bonchev–Trinajstić information content (AvgIpc) is 1.21. The van der Waals surface area contributed by atoms with Gasteiger partial charge in [0.25, 0.3) is 0 Å². The van der Waals surface area contributed by atoms with Crippen LogP contribution < -0.4 is 102 Å². The molecule has 0 aliphatic carbocycles. The number of ether oxygens (including phenoxy) is 8. The molecule has 0 spiro atoms. The Morgan fingerprint density at radius 1 is 0.180 bits per heavy atom. The lowest BCUT2D eigenvalue weighted by Gasteiger charge is -2.29. The molecular formula is C136H118O8P6. The fourth-order valence-corrected chi connectivity index (χ4v) is 35.0. The first-order valence-electron chi connectivity index (χ1n) is 51.3. The lowest BCUT2D eigenvalue weighted by atomic mass is 9.86. The molecule has 20 aromatic rings. The number of rotatable bonds is 28. The molecule has 14 heteroatoms. The van der Waals surface area contributed by atoms with Crippen molar-refractivity contribution in [3.63, 3.8) is 0 Å². The van der Waals surface area contributed by atoms with Gasteiger partial charge in [0.1, 0.15) is 59.2 Å². The van der Waals surface area contributed by atoms with Crippen molar-refractivity contribution in [2.24, 2.45) is 0 Å². The van der Waals surface area contributed by atoms with E-state index in [1.54, 1.807) is 14.2 Å². The van der Waals surface area contributed by atoms with Crippen LogP contribution in [0.1, 0.15) is 50.9 Å². The molecule has 740 valence electrons. The maximum absolute atomic E-state index is 6.90. The summed E-state index contributed by atoms with van der Waals surface area (Å²) in [4.78, 5) is 0. The lowest BCUT2D eigenvalue weighted by molar-refractivity contribution is 0.124. The summed E-state index contributed by atoms with van der Waals surface area (Å²) < 4.78 is 51.9. The Hall–Kier alpha value is -14.6. The molecule has 0 radical (unpaired) electrons. The van der Waals surface area contributed by atoms with E-state index in [1.807, 2.05) is 24.3 Å². The molecule has 0 saturated carbocycles. The Labute approximate surface area is 890 Å². The molecule has 0 saturated heterocycles. The van der Waals surface area contributed by atoms with Crippen molar-refractivity contribution in [3.05, 3.63) is 542 Å². The van der Waals surface area contributed by atoms with Crippen LogP contribution in [-0.4, -0.2) is 47.4 Å². The quantitative estimate of drug-likeness (QED) is 0.0449. The molecule has 23 rings (SSSR count). The Morgan fingerprint density at radius 2 is 0.360 bits per heavy atom. The maximum atomic E-state index is 6.90. The molecule has 0 N–H and O–H groups in total. The van der Waals surface area contributed by atoms with E-state index >= 15 is 0 Å². The second-order valence-electron chi connectivity index (χ2n) is 37.1. The van der Waals surface area contributed by atoms with Crippen LogP contribution in [0.4, 0.5) is 0 Å². The van der Waals surface area contributed by atoms with Gasteiger partial charge in [0, 0.05) is 87.9 Å². The van der Waals surface area contributed by atoms with E-state index in [4.69, 9.17) is 37.9 Å². The molecule has 0 atom stereocenters. The molecule has 20 aromatic carbocycles. The monoisotopic (exact) mass is 2060 g/mol. The van der Waals surface area contributed by atoms with Crippen LogP contribution in [0, 0.1) is 13.8 Å². The lowest BCUT2D eigenvalue weighted by Crippen LogP contribution is -2.18. The third kappa shape index (κ3) is 23.4. The molecule has 0 bridgehead atoms. The number of methoxy groups -OCH3 is 2. The topological polar surface area (TPSA) is 73.8 Å². The van der Waals surface area contributed by atoms with Gasteiger partial charge in [-0.1, -0.05) is 449 Å². The molecule has 0 fully saturated rings. The van der Waals surface area contributed by atoms with Gasteiger partial charge in [0.05, 0.1) is 27.4 Å². The molecule has 0 unspecified atom stereocenters. The van der Waals surface area contributed by atoms with Crippen LogP contribution in [0.15, 0.2) is 497 Å². The van der Waals surface area contributed by atoms with Crippen molar-refractivity contribution < 1.29 is 37.9 Å². The Morgan fingerprint density at radius 3 is 0.593 bits per heavy atom. The smallest absolute Gasteiger partial charge is 0.230 e. The number of fused-ring (bicyclic) bond motifs is 9. The van der Waals surface area contributed by atoms with Crippen molar-refractivity contribution in [2.75, 3.05) is 47.4 Å². The third-order valence-electron chi connectivity index (χ3n) is 27.9. The van der Waals surface area contributed by atoms with Crippen LogP contribution in [0.2, 0.25) is 0 Å². The molecule has 3 aliphatic heterocycles. The van der Waals surface area contributed by atoms with E-state index < -0.39 is 47.5 Å². The van der Waals surface area contributed by atoms with Crippen molar-refractivity contribution in [1.82, 2.24) is 0 Å². The summed E-state index contributed by atoms with van der Waals surface area (Å²) in [5.74, 6) is 6.99. The van der Waals surface area contributed by atoms with Crippen molar-refractivity contribution >= 4 is 111 Å². The van der Waals surface area contributed by atoms with Crippen LogP contribution in [0.25, 0.3) is 55.6 Å². The van der Waals surface area contributed by atoms with Gasteiger partial charge in [0.15, 0.2) is 0 Å². The minimum Gasteiger partial charge on any atom is -0.496 e. The molecule has 3 aliphatic rings. The number of hydrogen-bond acceptors (Lipinski definition) is 8. The van der Waals surface area contributed by atoms with Crippen LogP contribution in [0.3, 0.4) is 0 Å². The highest BCUT2D eigenvalue weighted by atomic mass is 31.1. The van der Waals surface area contributed by atoms with Gasteiger partial charge in [-0.05, 0) is 229 Å². The van der Waals surface area contributed by atoms with Crippen molar-refractivity contribution in [1.29, 1.82) is 0 Å². The second kappa shape index (κ2) is 49.7. The third-order valence-corrected chi connectivity index (χ3v) is 42.8. The second-order valence-corrected chi connectivity index (χ2v) is 50.3. The summed E-state index contributed by atoms with van der Waals surface area (Å²) in [7, 11) is -0.972. The van der Waals surface area contributed by atoms with Gasteiger partial charge in [0.2, 0.25) is 6.79 Å². The van der Waals surface area contributed by atoms with Gasteiger partial charge in [-0.3, -0.25) is 0 Å². The van der Waals surface area contributed by atoms with Crippen molar-refractivity contribution in [2.45, 2.75) is 57.2 Å². The fourth-order valence-electron chi connectivity index (χ4n) is 20.6. The molecule has 0 amide bonds. The Kier molecular flexibility index (Phi) is 33.5. The van der Waals surface area contributed by atoms with Crippen molar-refractivity contribution in [3.8, 4) is 102 Å². The Bertz CT molecular complexity index is 7140. The highest BCUT2D eigenvalue weighted by Crippen LogP contribution is 2.59. The first-order valence-corrected chi connectivity index (χ1v) is 60.5. The fraction of sp³-hybridized carbons (Fsp3) is 0.118. The van der Waals surface area contributed by atoms with E-state index in [-0.39, 0.29) is 6.79 Å². The summed E-state index contributed by atoms with van der Waals surface area (Å²) in [5, 5.41) is 16.2. The summed E-state index contributed by atoms with van der Waals surface area (Å²) in [6.07, 6.45) is 5.83. The van der Waals surface area contributed by atoms with Crippen LogP contribution >= 0.6 is 47.5 Å². The highest BCUT2D eigenvalue weighted by Gasteiger charge is 2.36. The molecule has 8 nitrogen and oxygen atoms in total. The van der Waals surface area contributed by atoms with Gasteiger partial charge in [-0.15, -0.1) is 0 Å². The van der Waals surface area contributed by atoms with E-state index in [0.717, 1.165) is 123 Å². The van der Waals surface area contributed by atoms with E-state index in [2.05, 4.69) is 487 Å². The molecular weight excluding hydrogens is 1950 g/mol. The van der Waals surface area contributed by atoms with E-state index in [0.29, 0.717) is 26.4 Å². The summed E-state index contributed by atoms with van der Waals surface area (Å²) in [6.45, 7) is 6.84. The van der Waals surface area contributed by atoms with Gasteiger partial charge in [-0.25, -0.2) is 0 Å². The molecule has 150 heavy (non-hydrogen) atoms. The van der Waals surface area contributed by atoms with E-state index in [1.165, 1.54) is 130 Å². The molecule has 0 aromatic heterocycles. The summed E-state index contributed by atoms with van der Waals surface area (Å²) >= 11 is 0. The zero-order valence-corrected chi connectivity index (χ0v) is 90.1. The van der Waals surface area contributed by atoms with E-state index in [9.17, 15) is 0 Å². The predicted molar refractivity (Wildman–Crippen MR) is 638 cm³/mol. The maximum Gasteiger partial charge on any atom is 0.230 e. The highest BCUT2D eigenvalue weighted by molar-refractivity contribution is 7.74. The SMILES string of the molecule is COc1ccc2c(c1CP(c1ccccc1)c1ccccc1)-c1c(ccc(OC)c1CP(c1ccccc1)c1ccccc1)OCO2.Cc1ccc2c(c1CP(c1ccccc1)c1ccccc1)-c1c(ccc(C)c1CP(c1ccccc1)c1ccccc1)OCCO2.c1ccc(-c2ccc3c(c2CP(c2ccccc2)c2ccccc2)-c2c(ccc(-c4ccccc4)c2CP(c2ccccc2)c2ccccc2)OCCCO3)cc1. The van der Waals surface area contributed by atoms with Gasteiger partial charge in [-0.2, -0.15) is 0 Å². The summed E-state index contributed by atoms with van der Waals surface area (Å²) in [6, 6.07) is 179. The minimum atomic E-state index is -0.803. The molecule has 3 heterocycles. The zero-order chi connectivity index (χ0) is 102. The minimum absolute atomic E-state index is 0.121. The predicted octanol–water partition coefficient (Wildman–Crippen LogP) is 29.5. The largest absolute Gasteiger partial charge is 0.496 e. The first-order chi connectivity index (χ1) is 74.2. The van der Waals surface area contributed by atoms with Crippen LogP contribution in [-0.2, 0) is 37.0 Å². The normalized spacial score (nSPS) is 12.3. The van der Waals surface area contributed by atoms with Gasteiger partial charge < -0.3 is 37.9 Å². The first kappa shape index (κ1) is 101. The Balaban J connectivity index is 0.000000132. The average molecular weight is 2070 g/mol. The van der Waals surface area contributed by atoms with Crippen LogP contribution in [0.5, 0.6) is 46.0 Å². The number of hydrogen-bond donors (Lipinski definition) is 0. The standard InChI is InChI=1S/C53H44O2P2.C42H38O2P2.C41H36O4P2/c1-7-20-40(21-8-1)46-32-34-50-52(48(46)38-56(42-24-11-3-12-25-42)43-26-13-4-14-27-43)53-49(39-57(44-28-15-5-16-29-44)45-30-17-6-18-31-45)47(41-22-9-2-10-23-41)33-35-51(53)55-37-19-36-54-50;1-31-23-25-39-41(37(31)29-45(33-15-7-3-8-16-33)34-17-9-4-10-18-34)42-38(32(2)24-26-40(42)44-28-27-43-39)30-46(35-19-11-5-12-20-35)36-21-13-6-14-22-36;1-42-36-23-25-38-40(34(36)27-46(30-15-7-3-8-16-30)31-17-9-4-10-18-31)41-35(37(43-2)24-26-39(41)45-29-44-38)28-47(32-19-11-5-12-20-32)33-21-13-6-14-22-33/h1-18,20-35H,19,36-39H2;3-26H,27-30H2,1-2H3;3-26H,27-29H2,1-2H3. The number of benzene rings is 20. The summed E-state index contributed by atoms with van der Waals surface area (Å²) in [5.41, 5.74) is 21.6. The zero-order valence-electron chi connectivity index (χ0n) is 84.8. The number of aryl methyl sites for hydroxylation is 2.